The lowest BCUT2D eigenvalue weighted by molar-refractivity contribution is -0.147. The average molecular weight is 405 g/mol. The van der Waals surface area contributed by atoms with Crippen LogP contribution in [0.2, 0.25) is 0 Å². The van der Waals surface area contributed by atoms with Crippen LogP contribution in [-0.2, 0) is 9.59 Å². The number of nitrogens with zero attached hydrogens (tertiary/aromatic N) is 1. The van der Waals surface area contributed by atoms with Crippen LogP contribution in [-0.4, -0.2) is 35.3 Å². The Morgan fingerprint density at radius 3 is 2.59 bits per heavy atom. The van der Waals surface area contributed by atoms with Crippen molar-refractivity contribution in [3.8, 4) is 0 Å². The number of piperazine rings is 1. The van der Waals surface area contributed by atoms with E-state index in [1.807, 2.05) is 0 Å². The number of hydrogen-bond acceptors (Lipinski definition) is 2. The van der Waals surface area contributed by atoms with Crippen molar-refractivity contribution in [3.05, 3.63) is 35.4 Å². The molecule has 4 atom stereocenters. The summed E-state index contributed by atoms with van der Waals surface area (Å²) in [5.74, 6) is -1.40. The van der Waals surface area contributed by atoms with Crippen LogP contribution in [0.25, 0.3) is 0 Å². The molecule has 3 aliphatic rings. The number of amides is 2. The van der Waals surface area contributed by atoms with Gasteiger partial charge >= 0.3 is 0 Å². The average Bonchev–Trinajstić information content (AvgIpc) is 3.28. The molecule has 2 saturated carbocycles. The summed E-state index contributed by atoms with van der Waals surface area (Å²) in [6.07, 6.45) is 5.83. The second kappa shape index (κ2) is 8.04. The summed E-state index contributed by atoms with van der Waals surface area (Å²) in [5.41, 5.74) is 0.663. The first-order valence-electron chi connectivity index (χ1n) is 10.9. The van der Waals surface area contributed by atoms with Gasteiger partial charge in [0.2, 0.25) is 11.8 Å². The van der Waals surface area contributed by atoms with Crippen LogP contribution >= 0.6 is 0 Å². The van der Waals surface area contributed by atoms with Crippen molar-refractivity contribution in [2.75, 3.05) is 6.54 Å². The standard InChI is InChI=1S/C23H30F2N2O2/c1-13(2)9-21-22(28)26-20(14-5-3-4-6-14)12-27(21)23(29)17-11-16(17)15-7-8-18(24)19(25)10-15/h7-8,10,13-14,16-17,20-21H,3-6,9,11-12H2,1-2H3,(H,26,28)/t16-,17+,20+,21-/m0/s1. The highest BCUT2D eigenvalue weighted by atomic mass is 19.2. The summed E-state index contributed by atoms with van der Waals surface area (Å²) in [5, 5.41) is 3.19. The Kier molecular flexibility index (Phi) is 5.63. The third-order valence-electron chi connectivity index (χ3n) is 6.83. The lowest BCUT2D eigenvalue weighted by Crippen LogP contribution is -2.63. The van der Waals surface area contributed by atoms with Crippen LogP contribution in [0.5, 0.6) is 0 Å². The zero-order chi connectivity index (χ0) is 20.7. The smallest absolute Gasteiger partial charge is 0.243 e. The first-order chi connectivity index (χ1) is 13.8. The number of carbonyl (C=O) groups is 2. The van der Waals surface area contributed by atoms with Gasteiger partial charge in [-0.05, 0) is 61.1 Å². The Hall–Kier alpha value is -1.98. The van der Waals surface area contributed by atoms with Crippen LogP contribution in [0.3, 0.4) is 0 Å². The molecule has 0 aromatic heterocycles. The molecule has 0 bridgehead atoms. The number of hydrogen-bond donors (Lipinski definition) is 1. The van der Waals surface area contributed by atoms with E-state index in [4.69, 9.17) is 0 Å². The number of benzene rings is 1. The van der Waals surface area contributed by atoms with E-state index in [0.717, 1.165) is 18.9 Å². The van der Waals surface area contributed by atoms with Crippen molar-refractivity contribution in [1.82, 2.24) is 10.2 Å². The predicted molar refractivity (Wildman–Crippen MR) is 106 cm³/mol. The molecule has 1 aromatic rings. The van der Waals surface area contributed by atoms with Crippen molar-refractivity contribution in [2.45, 2.75) is 70.4 Å². The predicted octanol–water partition coefficient (Wildman–Crippen LogP) is 4.00. The van der Waals surface area contributed by atoms with E-state index in [0.29, 0.717) is 36.8 Å². The molecular weight excluding hydrogens is 374 g/mol. The Bertz CT molecular complexity index is 791. The fraction of sp³-hybridized carbons (Fsp3) is 0.652. The van der Waals surface area contributed by atoms with E-state index in [-0.39, 0.29) is 29.7 Å². The second-order valence-electron chi connectivity index (χ2n) is 9.42. The highest BCUT2D eigenvalue weighted by molar-refractivity contribution is 5.91. The molecule has 4 nitrogen and oxygen atoms in total. The van der Waals surface area contributed by atoms with Crippen LogP contribution in [0, 0.1) is 29.4 Å². The molecule has 1 saturated heterocycles. The molecule has 3 fully saturated rings. The summed E-state index contributed by atoms with van der Waals surface area (Å²) in [7, 11) is 0. The third kappa shape index (κ3) is 4.17. The minimum atomic E-state index is -0.878. The van der Waals surface area contributed by atoms with Gasteiger partial charge in [0, 0.05) is 18.5 Å². The highest BCUT2D eigenvalue weighted by Gasteiger charge is 2.50. The van der Waals surface area contributed by atoms with E-state index in [2.05, 4.69) is 19.2 Å². The van der Waals surface area contributed by atoms with Crippen molar-refractivity contribution < 1.29 is 18.4 Å². The molecule has 0 spiro atoms. The molecule has 2 aliphatic carbocycles. The van der Waals surface area contributed by atoms with Crippen molar-refractivity contribution in [3.63, 3.8) is 0 Å². The topological polar surface area (TPSA) is 49.4 Å². The molecule has 0 unspecified atom stereocenters. The van der Waals surface area contributed by atoms with Crippen LogP contribution in [0.1, 0.15) is 63.9 Å². The maximum absolute atomic E-state index is 13.6. The van der Waals surface area contributed by atoms with Crippen LogP contribution in [0.4, 0.5) is 8.78 Å². The van der Waals surface area contributed by atoms with Crippen LogP contribution in [0.15, 0.2) is 18.2 Å². The zero-order valence-electron chi connectivity index (χ0n) is 17.2. The van der Waals surface area contributed by atoms with Crippen molar-refractivity contribution in [2.24, 2.45) is 17.8 Å². The van der Waals surface area contributed by atoms with E-state index >= 15 is 0 Å². The number of rotatable bonds is 5. The number of halogens is 2. The van der Waals surface area contributed by atoms with Gasteiger partial charge in [-0.25, -0.2) is 8.78 Å². The van der Waals surface area contributed by atoms with Gasteiger partial charge < -0.3 is 10.2 Å². The molecule has 1 N–H and O–H groups in total. The fourth-order valence-corrected chi connectivity index (χ4v) is 5.15. The van der Waals surface area contributed by atoms with E-state index in [1.165, 1.54) is 18.9 Å². The summed E-state index contributed by atoms with van der Waals surface area (Å²) in [6.45, 7) is 4.67. The van der Waals surface area contributed by atoms with Gasteiger partial charge in [0.1, 0.15) is 6.04 Å². The zero-order valence-corrected chi connectivity index (χ0v) is 17.2. The molecule has 6 heteroatoms. The maximum atomic E-state index is 13.6. The maximum Gasteiger partial charge on any atom is 0.243 e. The molecular formula is C23H30F2N2O2. The summed E-state index contributed by atoms with van der Waals surface area (Å²) in [6, 6.07) is 3.47. The van der Waals surface area contributed by atoms with E-state index < -0.39 is 17.7 Å². The molecule has 1 aliphatic heterocycles. The van der Waals surface area contributed by atoms with E-state index in [9.17, 15) is 18.4 Å². The molecule has 0 radical (unpaired) electrons. The summed E-state index contributed by atoms with van der Waals surface area (Å²) >= 11 is 0. The summed E-state index contributed by atoms with van der Waals surface area (Å²) in [4.78, 5) is 28.1. The normalized spacial score (nSPS) is 30.0. The minimum Gasteiger partial charge on any atom is -0.350 e. The fourth-order valence-electron chi connectivity index (χ4n) is 5.15. The van der Waals surface area contributed by atoms with Gasteiger partial charge in [-0.1, -0.05) is 32.8 Å². The Labute approximate surface area is 171 Å². The molecule has 2 amide bonds. The summed E-state index contributed by atoms with van der Waals surface area (Å²) < 4.78 is 26.8. The monoisotopic (exact) mass is 404 g/mol. The highest BCUT2D eigenvalue weighted by Crippen LogP contribution is 2.49. The van der Waals surface area contributed by atoms with Gasteiger partial charge in [0.15, 0.2) is 11.6 Å². The Balaban J connectivity index is 1.51. The Morgan fingerprint density at radius 2 is 1.93 bits per heavy atom. The Morgan fingerprint density at radius 1 is 1.21 bits per heavy atom. The van der Waals surface area contributed by atoms with Crippen LogP contribution < -0.4 is 5.32 Å². The number of nitrogens with one attached hydrogen (secondary N) is 1. The quantitative estimate of drug-likeness (QED) is 0.806. The van der Waals surface area contributed by atoms with Gasteiger partial charge in [0.05, 0.1) is 0 Å². The largest absolute Gasteiger partial charge is 0.350 e. The van der Waals surface area contributed by atoms with Gasteiger partial charge in [-0.15, -0.1) is 0 Å². The van der Waals surface area contributed by atoms with Gasteiger partial charge in [-0.3, -0.25) is 9.59 Å². The van der Waals surface area contributed by atoms with Crippen molar-refractivity contribution >= 4 is 11.8 Å². The molecule has 1 heterocycles. The second-order valence-corrected chi connectivity index (χ2v) is 9.42. The van der Waals surface area contributed by atoms with Gasteiger partial charge in [0.25, 0.3) is 0 Å². The lowest BCUT2D eigenvalue weighted by Gasteiger charge is -2.42. The first-order valence-corrected chi connectivity index (χ1v) is 10.9. The minimum absolute atomic E-state index is 0.0109. The molecule has 1 aromatic carbocycles. The first kappa shape index (κ1) is 20.3. The third-order valence-corrected chi connectivity index (χ3v) is 6.83. The van der Waals surface area contributed by atoms with E-state index in [1.54, 1.807) is 11.0 Å². The molecule has 158 valence electrons. The number of carbonyl (C=O) groups excluding carboxylic acids is 2. The molecule has 4 rings (SSSR count). The molecule has 29 heavy (non-hydrogen) atoms. The van der Waals surface area contributed by atoms with Crippen molar-refractivity contribution in [1.29, 1.82) is 0 Å². The lowest BCUT2D eigenvalue weighted by atomic mass is 9.91. The van der Waals surface area contributed by atoms with Gasteiger partial charge in [-0.2, -0.15) is 0 Å². The SMILES string of the molecule is CC(C)C[C@H]1C(=O)N[C@@H](C2CCCC2)CN1C(=O)[C@@H]1C[C@H]1c1ccc(F)c(F)c1.